The molecule has 0 saturated carbocycles. The van der Waals surface area contributed by atoms with Gasteiger partial charge in [0.2, 0.25) is 5.91 Å². The average Bonchev–Trinajstić information content (AvgIpc) is 3.09. The second-order valence-electron chi connectivity index (χ2n) is 5.35. The van der Waals surface area contributed by atoms with E-state index in [4.69, 9.17) is 0 Å². The number of nitrogens with one attached hydrogen (secondary N) is 2. The maximum Gasteiger partial charge on any atom is 0.325 e. The van der Waals surface area contributed by atoms with E-state index in [1.807, 2.05) is 0 Å². The quantitative estimate of drug-likeness (QED) is 0.797. The van der Waals surface area contributed by atoms with Crippen molar-refractivity contribution in [2.75, 3.05) is 32.1 Å². The number of ether oxygens (including phenoxy) is 1. The highest BCUT2D eigenvalue weighted by atomic mass is 16.5. The van der Waals surface area contributed by atoms with E-state index in [-0.39, 0.29) is 24.9 Å². The van der Waals surface area contributed by atoms with Crippen molar-refractivity contribution < 1.29 is 19.1 Å². The van der Waals surface area contributed by atoms with Gasteiger partial charge in [0.25, 0.3) is 0 Å². The number of rotatable bonds is 5. The number of methoxy groups -OCH3 is 1. The van der Waals surface area contributed by atoms with E-state index >= 15 is 0 Å². The van der Waals surface area contributed by atoms with Crippen molar-refractivity contribution in [2.24, 2.45) is 0 Å². The van der Waals surface area contributed by atoms with Crippen LogP contribution in [0.3, 0.4) is 0 Å². The Bertz CT molecular complexity index is 565. The molecule has 0 unspecified atom stereocenters. The van der Waals surface area contributed by atoms with Crippen molar-refractivity contribution in [1.29, 1.82) is 0 Å². The molecule has 124 valence electrons. The third-order valence-electron chi connectivity index (χ3n) is 3.62. The normalized spacial score (nSPS) is 13.5. The van der Waals surface area contributed by atoms with E-state index in [0.29, 0.717) is 5.69 Å². The molecule has 3 amide bonds. The molecule has 2 N–H and O–H groups in total. The largest absolute Gasteiger partial charge is 0.468 e. The van der Waals surface area contributed by atoms with Crippen LogP contribution in [0.25, 0.3) is 0 Å². The van der Waals surface area contributed by atoms with Gasteiger partial charge in [0.15, 0.2) is 0 Å². The standard InChI is InChI=1S/C16H21N3O4/c1-23-15(21)11-17-14(20)10-12-4-6-13(7-5-12)18-16(22)19-8-2-3-9-19/h4-7H,2-3,8-11H2,1H3,(H,17,20)(H,18,22). The molecule has 23 heavy (non-hydrogen) atoms. The zero-order chi connectivity index (χ0) is 16.7. The summed E-state index contributed by atoms with van der Waals surface area (Å²) in [6, 6.07) is 6.98. The van der Waals surface area contributed by atoms with E-state index < -0.39 is 5.97 Å². The Balaban J connectivity index is 1.80. The molecule has 1 heterocycles. The number of esters is 1. The topological polar surface area (TPSA) is 87.7 Å². The van der Waals surface area contributed by atoms with Crippen molar-refractivity contribution >= 4 is 23.6 Å². The lowest BCUT2D eigenvalue weighted by Crippen LogP contribution is -2.32. The summed E-state index contributed by atoms with van der Waals surface area (Å²) in [7, 11) is 1.27. The lowest BCUT2D eigenvalue weighted by atomic mass is 10.1. The molecule has 0 aliphatic carbocycles. The summed E-state index contributed by atoms with van der Waals surface area (Å²) in [6.07, 6.45) is 2.26. The highest BCUT2D eigenvalue weighted by Gasteiger charge is 2.17. The molecule has 0 aromatic heterocycles. The summed E-state index contributed by atoms with van der Waals surface area (Å²) in [5, 5.41) is 5.31. The minimum atomic E-state index is -0.488. The molecule has 0 spiro atoms. The zero-order valence-corrected chi connectivity index (χ0v) is 13.1. The first-order chi connectivity index (χ1) is 11.1. The van der Waals surface area contributed by atoms with E-state index in [2.05, 4.69) is 15.4 Å². The fraction of sp³-hybridized carbons (Fsp3) is 0.438. The predicted molar refractivity (Wildman–Crippen MR) is 85.0 cm³/mol. The van der Waals surface area contributed by atoms with Gasteiger partial charge in [-0.05, 0) is 30.5 Å². The highest BCUT2D eigenvalue weighted by molar-refractivity contribution is 5.89. The van der Waals surface area contributed by atoms with Gasteiger partial charge in [0.1, 0.15) is 6.54 Å². The molecule has 2 rings (SSSR count). The Morgan fingerprint density at radius 2 is 1.78 bits per heavy atom. The first kappa shape index (κ1) is 16.8. The Morgan fingerprint density at radius 3 is 2.39 bits per heavy atom. The second-order valence-corrected chi connectivity index (χ2v) is 5.35. The van der Waals surface area contributed by atoms with Gasteiger partial charge < -0.3 is 20.3 Å². The lowest BCUT2D eigenvalue weighted by molar-refractivity contribution is -0.141. The molecular weight excluding hydrogens is 298 g/mol. The molecule has 0 bridgehead atoms. The Hall–Kier alpha value is -2.57. The summed E-state index contributed by atoms with van der Waals surface area (Å²) in [4.78, 5) is 36.4. The Morgan fingerprint density at radius 1 is 1.13 bits per heavy atom. The summed E-state index contributed by atoms with van der Waals surface area (Å²) in [5.41, 5.74) is 1.49. The molecular formula is C16H21N3O4. The summed E-state index contributed by atoms with van der Waals surface area (Å²) in [5.74, 6) is -0.748. The number of urea groups is 1. The fourth-order valence-corrected chi connectivity index (χ4v) is 2.32. The van der Waals surface area contributed by atoms with E-state index in [9.17, 15) is 14.4 Å². The molecule has 1 aromatic carbocycles. The fourth-order valence-electron chi connectivity index (χ4n) is 2.32. The molecule has 0 atom stereocenters. The highest BCUT2D eigenvalue weighted by Crippen LogP contribution is 2.13. The van der Waals surface area contributed by atoms with Crippen LogP contribution >= 0.6 is 0 Å². The molecule has 1 fully saturated rings. The molecule has 1 saturated heterocycles. The molecule has 7 nitrogen and oxygen atoms in total. The van der Waals surface area contributed by atoms with Crippen molar-refractivity contribution in [3.63, 3.8) is 0 Å². The van der Waals surface area contributed by atoms with Crippen molar-refractivity contribution in [3.8, 4) is 0 Å². The van der Waals surface area contributed by atoms with Gasteiger partial charge in [-0.15, -0.1) is 0 Å². The van der Waals surface area contributed by atoms with Gasteiger partial charge in [-0.1, -0.05) is 12.1 Å². The van der Waals surface area contributed by atoms with Crippen LogP contribution in [0, 0.1) is 0 Å². The number of benzene rings is 1. The van der Waals surface area contributed by atoms with E-state index in [0.717, 1.165) is 31.5 Å². The van der Waals surface area contributed by atoms with E-state index in [1.165, 1.54) is 7.11 Å². The molecule has 7 heteroatoms. The monoisotopic (exact) mass is 319 g/mol. The van der Waals surface area contributed by atoms with Gasteiger partial charge in [-0.3, -0.25) is 9.59 Å². The van der Waals surface area contributed by atoms with Gasteiger partial charge in [0, 0.05) is 18.8 Å². The minimum absolute atomic E-state index is 0.0916. The number of nitrogens with zero attached hydrogens (tertiary/aromatic N) is 1. The number of amides is 3. The van der Waals surface area contributed by atoms with Gasteiger partial charge in [0.05, 0.1) is 13.5 Å². The van der Waals surface area contributed by atoms with Crippen LogP contribution in [-0.4, -0.2) is 49.6 Å². The molecule has 1 aromatic rings. The number of likely N-dealkylation sites (tertiary alicyclic amines) is 1. The maximum atomic E-state index is 12.0. The van der Waals surface area contributed by atoms with Crippen LogP contribution in [0.4, 0.5) is 10.5 Å². The summed E-state index contributed by atoms with van der Waals surface area (Å²) in [6.45, 7) is 1.45. The first-order valence-electron chi connectivity index (χ1n) is 7.57. The van der Waals surface area contributed by atoms with Gasteiger partial charge >= 0.3 is 12.0 Å². The number of carbonyl (C=O) groups excluding carboxylic acids is 3. The number of anilines is 1. The third kappa shape index (κ3) is 5.28. The Labute approximate surface area is 135 Å². The molecule has 1 aliphatic rings. The Kier molecular flexibility index (Phi) is 5.96. The second kappa shape index (κ2) is 8.17. The van der Waals surface area contributed by atoms with Crippen molar-refractivity contribution in [3.05, 3.63) is 29.8 Å². The minimum Gasteiger partial charge on any atom is -0.468 e. The molecule has 0 radical (unpaired) electrons. The van der Waals surface area contributed by atoms with Crippen molar-refractivity contribution in [2.45, 2.75) is 19.3 Å². The van der Waals surface area contributed by atoms with Crippen LogP contribution in [0.2, 0.25) is 0 Å². The van der Waals surface area contributed by atoms with E-state index in [1.54, 1.807) is 29.2 Å². The summed E-state index contributed by atoms with van der Waals surface area (Å²) >= 11 is 0. The van der Waals surface area contributed by atoms with Crippen LogP contribution < -0.4 is 10.6 Å². The smallest absolute Gasteiger partial charge is 0.325 e. The van der Waals surface area contributed by atoms with Crippen LogP contribution in [-0.2, 0) is 20.7 Å². The third-order valence-corrected chi connectivity index (χ3v) is 3.62. The SMILES string of the molecule is COC(=O)CNC(=O)Cc1ccc(NC(=O)N2CCCC2)cc1. The average molecular weight is 319 g/mol. The predicted octanol–water partition coefficient (Wildman–Crippen LogP) is 1.15. The first-order valence-corrected chi connectivity index (χ1v) is 7.57. The van der Waals surface area contributed by atoms with Crippen LogP contribution in [0.1, 0.15) is 18.4 Å². The lowest BCUT2D eigenvalue weighted by Gasteiger charge is -2.16. The summed E-state index contributed by atoms with van der Waals surface area (Å²) < 4.78 is 4.45. The van der Waals surface area contributed by atoms with Gasteiger partial charge in [-0.25, -0.2) is 4.79 Å². The zero-order valence-electron chi connectivity index (χ0n) is 13.1. The number of carbonyl (C=O) groups is 3. The number of hydrogen-bond donors (Lipinski definition) is 2. The van der Waals surface area contributed by atoms with Crippen LogP contribution in [0.15, 0.2) is 24.3 Å². The van der Waals surface area contributed by atoms with Gasteiger partial charge in [-0.2, -0.15) is 0 Å². The maximum absolute atomic E-state index is 12.0. The molecule has 1 aliphatic heterocycles. The number of hydrogen-bond acceptors (Lipinski definition) is 4. The van der Waals surface area contributed by atoms with Crippen LogP contribution in [0.5, 0.6) is 0 Å². The van der Waals surface area contributed by atoms with Crippen molar-refractivity contribution in [1.82, 2.24) is 10.2 Å².